The number of methoxy groups -OCH3 is 1. The maximum Gasteiger partial charge on any atom is 0.251 e. The van der Waals surface area contributed by atoms with Crippen LogP contribution in [0.2, 0.25) is 0 Å². The first-order valence-corrected chi connectivity index (χ1v) is 9.33. The van der Waals surface area contributed by atoms with Crippen molar-refractivity contribution >= 4 is 17.5 Å². The first-order chi connectivity index (χ1) is 13.3. The molecule has 0 radical (unpaired) electrons. The quantitative estimate of drug-likeness (QED) is 0.655. The molecule has 0 aromatic heterocycles. The van der Waals surface area contributed by atoms with E-state index in [1.165, 1.54) is 0 Å². The molecule has 0 bridgehead atoms. The van der Waals surface area contributed by atoms with Crippen LogP contribution < -0.4 is 20.7 Å². The van der Waals surface area contributed by atoms with Gasteiger partial charge in [0.1, 0.15) is 5.75 Å². The predicted octanol–water partition coefficient (Wildman–Crippen LogP) is 2.99. The minimum absolute atomic E-state index is 0.0805. The van der Waals surface area contributed by atoms with Crippen LogP contribution in [0.4, 0.5) is 5.69 Å². The molecule has 0 aliphatic heterocycles. The summed E-state index contributed by atoms with van der Waals surface area (Å²) in [5, 5.41) is 8.87. The molecule has 28 heavy (non-hydrogen) atoms. The third kappa shape index (κ3) is 7.31. The van der Waals surface area contributed by atoms with Gasteiger partial charge in [0.15, 0.2) is 0 Å². The smallest absolute Gasteiger partial charge is 0.251 e. The molecule has 2 aromatic carbocycles. The summed E-state index contributed by atoms with van der Waals surface area (Å²) in [6.45, 7) is 6.56. The van der Waals surface area contributed by atoms with E-state index in [1.807, 2.05) is 45.0 Å². The van der Waals surface area contributed by atoms with E-state index < -0.39 is 0 Å². The largest absolute Gasteiger partial charge is 0.497 e. The molecule has 0 heterocycles. The molecule has 0 saturated carbocycles. The van der Waals surface area contributed by atoms with Gasteiger partial charge in [-0.15, -0.1) is 0 Å². The highest BCUT2D eigenvalue weighted by atomic mass is 16.5. The summed E-state index contributed by atoms with van der Waals surface area (Å²) in [5.41, 5.74) is 2.23. The van der Waals surface area contributed by atoms with Crippen LogP contribution in [0.15, 0.2) is 48.5 Å². The van der Waals surface area contributed by atoms with E-state index in [9.17, 15) is 9.59 Å². The van der Waals surface area contributed by atoms with Gasteiger partial charge in [0.05, 0.1) is 13.7 Å². The Morgan fingerprint density at radius 1 is 0.964 bits per heavy atom. The number of benzene rings is 2. The molecule has 6 heteroatoms. The summed E-state index contributed by atoms with van der Waals surface area (Å²) < 4.78 is 5.13. The molecule has 6 nitrogen and oxygen atoms in total. The summed E-state index contributed by atoms with van der Waals surface area (Å²) in [4.78, 5) is 24.1. The van der Waals surface area contributed by atoms with Gasteiger partial charge >= 0.3 is 0 Å². The van der Waals surface area contributed by atoms with Gasteiger partial charge in [-0.1, -0.05) is 12.1 Å². The average Bonchev–Trinajstić information content (AvgIpc) is 2.66. The highest BCUT2D eigenvalue weighted by molar-refractivity contribution is 5.95. The predicted molar refractivity (Wildman–Crippen MR) is 112 cm³/mol. The summed E-state index contributed by atoms with van der Waals surface area (Å²) in [7, 11) is 1.64. The van der Waals surface area contributed by atoms with Crippen LogP contribution in [0.5, 0.6) is 5.75 Å². The van der Waals surface area contributed by atoms with Crippen LogP contribution in [0, 0.1) is 0 Å². The van der Waals surface area contributed by atoms with Crippen LogP contribution in [0.1, 0.15) is 36.7 Å². The van der Waals surface area contributed by atoms with Gasteiger partial charge in [-0.25, -0.2) is 0 Å². The lowest BCUT2D eigenvalue weighted by atomic mass is 10.1. The van der Waals surface area contributed by atoms with E-state index >= 15 is 0 Å². The van der Waals surface area contributed by atoms with Crippen LogP contribution in [-0.4, -0.2) is 37.6 Å². The third-order valence-corrected chi connectivity index (χ3v) is 3.98. The van der Waals surface area contributed by atoms with Crippen LogP contribution >= 0.6 is 0 Å². The standard InChI is InChI=1S/C22H29N3O3/c1-22(2,3)25-21(27)17-7-9-18(10-8-17)24-15-20(26)23-14-13-16-5-11-19(28-4)12-6-16/h5-12,24H,13-15H2,1-4H3,(H,23,26)(H,25,27). The molecule has 3 N–H and O–H groups in total. The fourth-order valence-corrected chi connectivity index (χ4v) is 2.54. The first kappa shape index (κ1) is 21.3. The molecular formula is C22H29N3O3. The molecule has 0 spiro atoms. The van der Waals surface area contributed by atoms with Gasteiger partial charge in [-0.2, -0.15) is 0 Å². The Labute approximate surface area is 166 Å². The molecule has 150 valence electrons. The second-order valence-electron chi connectivity index (χ2n) is 7.58. The van der Waals surface area contributed by atoms with Gasteiger partial charge in [-0.05, 0) is 69.2 Å². The number of rotatable bonds is 8. The monoisotopic (exact) mass is 383 g/mol. The third-order valence-electron chi connectivity index (χ3n) is 3.98. The normalized spacial score (nSPS) is 10.9. The van der Waals surface area contributed by atoms with Crippen molar-refractivity contribution in [2.75, 3.05) is 25.5 Å². The molecule has 2 amide bonds. The summed E-state index contributed by atoms with van der Waals surface area (Å²) in [6.07, 6.45) is 0.757. The number of hydrogen-bond acceptors (Lipinski definition) is 4. The molecule has 0 aliphatic rings. The lowest BCUT2D eigenvalue weighted by Gasteiger charge is -2.20. The summed E-state index contributed by atoms with van der Waals surface area (Å²) >= 11 is 0. The molecule has 0 aliphatic carbocycles. The molecule has 2 rings (SSSR count). The number of amides is 2. The Morgan fingerprint density at radius 2 is 1.61 bits per heavy atom. The highest BCUT2D eigenvalue weighted by Crippen LogP contribution is 2.12. The molecule has 0 atom stereocenters. The number of anilines is 1. The SMILES string of the molecule is COc1ccc(CCNC(=O)CNc2ccc(C(=O)NC(C)(C)C)cc2)cc1. The lowest BCUT2D eigenvalue weighted by Crippen LogP contribution is -2.40. The Hall–Kier alpha value is -3.02. The Balaban J connectivity index is 1.72. The summed E-state index contributed by atoms with van der Waals surface area (Å²) in [6, 6.07) is 14.9. The number of carbonyl (C=O) groups excluding carboxylic acids is 2. The Bertz CT molecular complexity index is 778. The van der Waals surface area contributed by atoms with Crippen molar-refractivity contribution in [2.45, 2.75) is 32.7 Å². The fraction of sp³-hybridized carbons (Fsp3) is 0.364. The average molecular weight is 383 g/mol. The topological polar surface area (TPSA) is 79.5 Å². The number of nitrogens with one attached hydrogen (secondary N) is 3. The number of carbonyl (C=O) groups is 2. The highest BCUT2D eigenvalue weighted by Gasteiger charge is 2.15. The van der Waals surface area contributed by atoms with E-state index in [1.54, 1.807) is 31.4 Å². The second-order valence-corrected chi connectivity index (χ2v) is 7.58. The molecule has 0 unspecified atom stereocenters. The molecule has 0 fully saturated rings. The Morgan fingerprint density at radius 3 is 2.18 bits per heavy atom. The van der Waals surface area contributed by atoms with E-state index in [0.717, 1.165) is 23.4 Å². The van der Waals surface area contributed by atoms with Crippen molar-refractivity contribution in [1.29, 1.82) is 0 Å². The molecular weight excluding hydrogens is 354 g/mol. The first-order valence-electron chi connectivity index (χ1n) is 9.33. The van der Waals surface area contributed by atoms with Gasteiger partial charge in [0.2, 0.25) is 5.91 Å². The maximum absolute atomic E-state index is 12.1. The van der Waals surface area contributed by atoms with Crippen molar-refractivity contribution in [2.24, 2.45) is 0 Å². The minimum Gasteiger partial charge on any atom is -0.497 e. The zero-order valence-electron chi connectivity index (χ0n) is 17.0. The van der Waals surface area contributed by atoms with E-state index in [-0.39, 0.29) is 23.9 Å². The van der Waals surface area contributed by atoms with Crippen molar-refractivity contribution in [1.82, 2.24) is 10.6 Å². The van der Waals surface area contributed by atoms with Gasteiger partial charge in [0.25, 0.3) is 5.91 Å². The van der Waals surface area contributed by atoms with Crippen LogP contribution in [0.25, 0.3) is 0 Å². The second kappa shape index (κ2) is 9.78. The number of ether oxygens (including phenoxy) is 1. The van der Waals surface area contributed by atoms with E-state index in [2.05, 4.69) is 16.0 Å². The summed E-state index contributed by atoms with van der Waals surface area (Å²) in [5.74, 6) is 0.622. The van der Waals surface area contributed by atoms with Crippen LogP contribution in [-0.2, 0) is 11.2 Å². The lowest BCUT2D eigenvalue weighted by molar-refractivity contribution is -0.119. The van der Waals surface area contributed by atoms with Gasteiger partial charge < -0.3 is 20.7 Å². The zero-order chi connectivity index (χ0) is 20.6. The Kier molecular flexibility index (Phi) is 7.44. The molecule has 0 saturated heterocycles. The zero-order valence-corrected chi connectivity index (χ0v) is 17.0. The van der Waals surface area contributed by atoms with Crippen molar-refractivity contribution in [3.8, 4) is 5.75 Å². The maximum atomic E-state index is 12.1. The van der Waals surface area contributed by atoms with Crippen molar-refractivity contribution in [3.05, 3.63) is 59.7 Å². The van der Waals surface area contributed by atoms with Gasteiger partial charge in [-0.3, -0.25) is 9.59 Å². The number of hydrogen-bond donors (Lipinski definition) is 3. The van der Waals surface area contributed by atoms with Crippen molar-refractivity contribution < 1.29 is 14.3 Å². The van der Waals surface area contributed by atoms with Gasteiger partial charge in [0, 0.05) is 23.3 Å². The van der Waals surface area contributed by atoms with Crippen molar-refractivity contribution in [3.63, 3.8) is 0 Å². The van der Waals surface area contributed by atoms with Crippen LogP contribution in [0.3, 0.4) is 0 Å². The van der Waals surface area contributed by atoms with E-state index in [4.69, 9.17) is 4.74 Å². The minimum atomic E-state index is -0.280. The van der Waals surface area contributed by atoms with E-state index in [0.29, 0.717) is 12.1 Å². The molecule has 2 aromatic rings. The fourth-order valence-electron chi connectivity index (χ4n) is 2.54.